The molecule has 1 aromatic heterocycles. The van der Waals surface area contributed by atoms with Crippen molar-refractivity contribution in [2.24, 2.45) is 0 Å². The third-order valence-electron chi connectivity index (χ3n) is 3.56. The lowest BCUT2D eigenvalue weighted by Gasteiger charge is -2.21. The molecule has 0 aliphatic carbocycles. The molecule has 0 bridgehead atoms. The van der Waals surface area contributed by atoms with E-state index in [1.165, 1.54) is 0 Å². The Morgan fingerprint density at radius 1 is 1.16 bits per heavy atom. The number of rotatable bonds is 7. The lowest BCUT2D eigenvalue weighted by Crippen LogP contribution is -2.42. The molecule has 2 rings (SSSR count). The van der Waals surface area contributed by atoms with Crippen LogP contribution in [0.25, 0.3) is 11.3 Å². The third kappa shape index (κ3) is 5.76. The number of ether oxygens (including phenoxy) is 1. The molecule has 3 N–H and O–H groups in total. The van der Waals surface area contributed by atoms with Gasteiger partial charge in [0.05, 0.1) is 5.60 Å². The number of carboxylic acids is 1. The van der Waals surface area contributed by atoms with Gasteiger partial charge in [0.2, 0.25) is 0 Å². The van der Waals surface area contributed by atoms with E-state index in [-0.39, 0.29) is 18.6 Å². The maximum atomic E-state index is 12.3. The Bertz CT molecular complexity index is 717. The molecule has 6 heteroatoms. The van der Waals surface area contributed by atoms with Crippen LogP contribution in [-0.4, -0.2) is 40.2 Å². The second kappa shape index (κ2) is 7.98. The number of aromatic nitrogens is 1. The van der Waals surface area contributed by atoms with Crippen LogP contribution >= 0.6 is 0 Å². The first kappa shape index (κ1) is 18.7. The average Bonchev–Trinajstić information content (AvgIpc) is 3.03. The highest BCUT2D eigenvalue weighted by molar-refractivity contribution is 5.95. The largest absolute Gasteiger partial charge is 0.480 e. The van der Waals surface area contributed by atoms with Crippen LogP contribution in [0.5, 0.6) is 0 Å². The van der Waals surface area contributed by atoms with E-state index >= 15 is 0 Å². The summed E-state index contributed by atoms with van der Waals surface area (Å²) in [5, 5.41) is 11.8. The molecule has 1 amide bonds. The van der Waals surface area contributed by atoms with Gasteiger partial charge in [-0.2, -0.15) is 0 Å². The molecule has 0 aliphatic heterocycles. The van der Waals surface area contributed by atoms with Gasteiger partial charge in [-0.15, -0.1) is 0 Å². The van der Waals surface area contributed by atoms with Crippen molar-refractivity contribution in [3.8, 4) is 11.3 Å². The van der Waals surface area contributed by atoms with E-state index in [9.17, 15) is 14.7 Å². The molecular formula is C19H24N2O4. The van der Waals surface area contributed by atoms with E-state index in [0.29, 0.717) is 5.69 Å². The minimum atomic E-state index is -1.08. The number of aromatic amines is 1. The van der Waals surface area contributed by atoms with E-state index in [1.54, 1.807) is 12.1 Å². The second-order valence-electron chi connectivity index (χ2n) is 6.77. The molecule has 0 fully saturated rings. The summed E-state index contributed by atoms with van der Waals surface area (Å²) in [6, 6.07) is 12.0. The van der Waals surface area contributed by atoms with Crippen molar-refractivity contribution in [1.82, 2.24) is 10.3 Å². The Labute approximate surface area is 147 Å². The fourth-order valence-electron chi connectivity index (χ4n) is 2.29. The summed E-state index contributed by atoms with van der Waals surface area (Å²) in [7, 11) is 0. The smallest absolute Gasteiger partial charge is 0.326 e. The number of amides is 1. The van der Waals surface area contributed by atoms with E-state index in [4.69, 9.17) is 4.74 Å². The van der Waals surface area contributed by atoms with Crippen molar-refractivity contribution in [1.29, 1.82) is 0 Å². The van der Waals surface area contributed by atoms with E-state index < -0.39 is 17.9 Å². The van der Waals surface area contributed by atoms with E-state index in [0.717, 1.165) is 11.3 Å². The van der Waals surface area contributed by atoms with Gasteiger partial charge in [-0.05, 0) is 38.5 Å². The summed E-state index contributed by atoms with van der Waals surface area (Å²) >= 11 is 0. The van der Waals surface area contributed by atoms with Gasteiger partial charge in [-0.25, -0.2) is 4.79 Å². The maximum absolute atomic E-state index is 12.3. The predicted octanol–water partition coefficient (Wildman–Crippen LogP) is 3.07. The van der Waals surface area contributed by atoms with Crippen molar-refractivity contribution >= 4 is 11.9 Å². The number of benzene rings is 1. The number of hydrogen-bond donors (Lipinski definition) is 3. The Morgan fingerprint density at radius 2 is 1.84 bits per heavy atom. The SMILES string of the molecule is CC(C)(C)OCCC(NC(=O)c1ccc(-c2ccccc2)[nH]1)C(=O)O. The zero-order chi connectivity index (χ0) is 18.4. The monoisotopic (exact) mass is 344 g/mol. The first-order valence-corrected chi connectivity index (χ1v) is 8.18. The zero-order valence-electron chi connectivity index (χ0n) is 14.7. The standard InChI is InChI=1S/C19H24N2O4/c1-19(2,3)25-12-11-16(18(23)24)21-17(22)15-10-9-14(20-15)13-7-5-4-6-8-13/h4-10,16,20H,11-12H2,1-3H3,(H,21,22)(H,23,24). The number of aliphatic carboxylic acids is 1. The molecule has 1 heterocycles. The number of H-pyrrole nitrogens is 1. The third-order valence-corrected chi connectivity index (χ3v) is 3.56. The van der Waals surface area contributed by atoms with Crippen LogP contribution in [-0.2, 0) is 9.53 Å². The summed E-state index contributed by atoms with van der Waals surface area (Å²) in [6.07, 6.45) is 0.199. The van der Waals surface area contributed by atoms with Gasteiger partial charge in [0, 0.05) is 18.7 Å². The first-order valence-electron chi connectivity index (χ1n) is 8.18. The average molecular weight is 344 g/mol. The maximum Gasteiger partial charge on any atom is 0.326 e. The molecule has 0 saturated heterocycles. The molecule has 1 unspecified atom stereocenters. The topological polar surface area (TPSA) is 91.4 Å². The van der Waals surface area contributed by atoms with Crippen molar-refractivity contribution in [2.75, 3.05) is 6.61 Å². The summed E-state index contributed by atoms with van der Waals surface area (Å²) in [4.78, 5) is 26.7. The number of carboxylic acid groups (broad SMARTS) is 1. The molecule has 2 aromatic rings. The van der Waals surface area contributed by atoms with Crippen molar-refractivity contribution in [2.45, 2.75) is 38.8 Å². The van der Waals surface area contributed by atoms with E-state index in [2.05, 4.69) is 10.3 Å². The lowest BCUT2D eigenvalue weighted by atomic mass is 10.1. The van der Waals surface area contributed by atoms with Crippen molar-refractivity contribution < 1.29 is 19.4 Å². The van der Waals surface area contributed by atoms with Gasteiger partial charge < -0.3 is 20.1 Å². The van der Waals surface area contributed by atoms with Crippen LogP contribution in [0, 0.1) is 0 Å². The Balaban J connectivity index is 1.99. The first-order chi connectivity index (χ1) is 11.8. The Morgan fingerprint density at radius 3 is 2.44 bits per heavy atom. The number of nitrogens with one attached hydrogen (secondary N) is 2. The van der Waals surface area contributed by atoms with Crippen LogP contribution in [0.4, 0.5) is 0 Å². The van der Waals surface area contributed by atoms with E-state index in [1.807, 2.05) is 51.1 Å². The Kier molecular flexibility index (Phi) is 5.98. The molecular weight excluding hydrogens is 320 g/mol. The molecule has 0 spiro atoms. The summed E-state index contributed by atoms with van der Waals surface area (Å²) in [5.74, 6) is -1.54. The lowest BCUT2D eigenvalue weighted by molar-refractivity contribution is -0.140. The quantitative estimate of drug-likeness (QED) is 0.720. The van der Waals surface area contributed by atoms with Crippen LogP contribution in [0.2, 0.25) is 0 Å². The highest BCUT2D eigenvalue weighted by Crippen LogP contribution is 2.18. The minimum absolute atomic E-state index is 0.199. The molecule has 25 heavy (non-hydrogen) atoms. The summed E-state index contributed by atoms with van der Waals surface area (Å²) in [5.41, 5.74) is 1.72. The number of carbonyl (C=O) groups excluding carboxylic acids is 1. The molecule has 0 aliphatic rings. The van der Waals surface area contributed by atoms with Crippen LogP contribution < -0.4 is 5.32 Å². The zero-order valence-corrected chi connectivity index (χ0v) is 14.7. The van der Waals surface area contributed by atoms with Gasteiger partial charge in [-0.1, -0.05) is 30.3 Å². The predicted molar refractivity (Wildman–Crippen MR) is 95.4 cm³/mol. The minimum Gasteiger partial charge on any atom is -0.480 e. The molecule has 0 saturated carbocycles. The second-order valence-corrected chi connectivity index (χ2v) is 6.77. The van der Waals surface area contributed by atoms with Crippen molar-refractivity contribution in [3.63, 3.8) is 0 Å². The molecule has 1 atom stereocenters. The molecule has 0 radical (unpaired) electrons. The normalized spacial score (nSPS) is 12.6. The van der Waals surface area contributed by atoms with Crippen LogP contribution in [0.1, 0.15) is 37.7 Å². The van der Waals surface area contributed by atoms with Gasteiger partial charge in [0.15, 0.2) is 0 Å². The fraction of sp³-hybridized carbons (Fsp3) is 0.368. The molecule has 1 aromatic carbocycles. The van der Waals surface area contributed by atoms with Gasteiger partial charge in [-0.3, -0.25) is 4.79 Å². The number of hydrogen-bond acceptors (Lipinski definition) is 3. The van der Waals surface area contributed by atoms with Crippen molar-refractivity contribution in [3.05, 3.63) is 48.2 Å². The van der Waals surface area contributed by atoms with Gasteiger partial charge in [0.25, 0.3) is 5.91 Å². The summed E-state index contributed by atoms with van der Waals surface area (Å²) in [6.45, 7) is 5.93. The van der Waals surface area contributed by atoms with Crippen LogP contribution in [0.3, 0.4) is 0 Å². The number of carbonyl (C=O) groups is 2. The molecule has 134 valence electrons. The highest BCUT2D eigenvalue weighted by atomic mass is 16.5. The Hall–Kier alpha value is -2.60. The van der Waals surface area contributed by atoms with Gasteiger partial charge in [0.1, 0.15) is 11.7 Å². The highest BCUT2D eigenvalue weighted by Gasteiger charge is 2.22. The summed E-state index contributed by atoms with van der Waals surface area (Å²) < 4.78 is 5.54. The van der Waals surface area contributed by atoms with Crippen LogP contribution in [0.15, 0.2) is 42.5 Å². The molecule has 6 nitrogen and oxygen atoms in total. The fourth-order valence-corrected chi connectivity index (χ4v) is 2.29. The van der Waals surface area contributed by atoms with Gasteiger partial charge >= 0.3 is 5.97 Å².